The summed E-state index contributed by atoms with van der Waals surface area (Å²) >= 11 is 0. The van der Waals surface area contributed by atoms with Gasteiger partial charge < -0.3 is 25.7 Å². The molecule has 0 unspecified atom stereocenters. The van der Waals surface area contributed by atoms with Crippen LogP contribution in [0.2, 0.25) is 0 Å². The number of benzene rings is 3. The summed E-state index contributed by atoms with van der Waals surface area (Å²) in [5.41, 5.74) is 7.66. The Kier molecular flexibility index (Phi) is 10.9. The maximum Gasteiger partial charge on any atom is 0.254 e. The predicted molar refractivity (Wildman–Crippen MR) is 149 cm³/mol. The van der Waals surface area contributed by atoms with Crippen LogP contribution in [0, 0.1) is 11.6 Å². The lowest BCUT2D eigenvalue weighted by Crippen LogP contribution is -2.51. The highest BCUT2D eigenvalue weighted by Gasteiger charge is 2.27. The van der Waals surface area contributed by atoms with Gasteiger partial charge in [-0.25, -0.2) is 8.78 Å². The maximum absolute atomic E-state index is 13.3. The van der Waals surface area contributed by atoms with Gasteiger partial charge in [-0.15, -0.1) is 0 Å². The molecular formula is C30H32F2N4O4. The third-order valence-electron chi connectivity index (χ3n) is 5.89. The predicted octanol–water partition coefficient (Wildman–Crippen LogP) is 4.36. The fourth-order valence-electron chi connectivity index (χ4n) is 3.87. The van der Waals surface area contributed by atoms with Crippen molar-refractivity contribution in [2.75, 3.05) is 32.0 Å². The summed E-state index contributed by atoms with van der Waals surface area (Å²) in [6.07, 6.45) is 2.54. The zero-order valence-electron chi connectivity index (χ0n) is 22.1. The zero-order chi connectivity index (χ0) is 29.1. The molecule has 40 heavy (non-hydrogen) atoms. The fourth-order valence-corrected chi connectivity index (χ4v) is 3.87. The van der Waals surface area contributed by atoms with E-state index in [1.165, 1.54) is 21.9 Å². The highest BCUT2D eigenvalue weighted by atomic mass is 19.1. The summed E-state index contributed by atoms with van der Waals surface area (Å²) in [6.45, 7) is 2.95. The number of piperazine rings is 1. The molecule has 1 fully saturated rings. The van der Waals surface area contributed by atoms with E-state index >= 15 is 0 Å². The standard InChI is InChI=1S/C18H17F2N3O2.C9H7NO.C3H8O/c19-14-7-12(8-15(20)9-14)10-22-5-6-23(11-17(22)24)18(25)13-1-3-16(21)4-2-13;11-8-5-1-3-7-4-2-6-10-9(7)8;1-2-3-4/h1-4,7-9H,5-6,10-11,21H2;1-6,11H;4H,2-3H2,1H3. The lowest BCUT2D eigenvalue weighted by molar-refractivity contribution is -0.135. The van der Waals surface area contributed by atoms with Gasteiger partial charge in [0.05, 0.1) is 0 Å². The Morgan fingerprint density at radius 1 is 1.00 bits per heavy atom. The van der Waals surface area contributed by atoms with Gasteiger partial charge in [0, 0.05) is 55.1 Å². The van der Waals surface area contributed by atoms with E-state index in [0.717, 1.165) is 17.9 Å². The number of phenolic OH excluding ortho intramolecular Hbond substituents is 1. The number of hydrogen-bond donors (Lipinski definition) is 3. The van der Waals surface area contributed by atoms with Crippen LogP contribution in [0.1, 0.15) is 29.3 Å². The van der Waals surface area contributed by atoms with Crippen LogP contribution in [0.15, 0.2) is 79.0 Å². The van der Waals surface area contributed by atoms with Crippen molar-refractivity contribution in [3.63, 3.8) is 0 Å². The van der Waals surface area contributed by atoms with E-state index in [2.05, 4.69) is 4.98 Å². The van der Waals surface area contributed by atoms with E-state index in [9.17, 15) is 23.5 Å². The SMILES string of the molecule is CCCO.Nc1ccc(C(=O)N2CCN(Cc3cc(F)cc(F)c3)C(=O)C2)cc1.Oc1cccc2cccnc12. The van der Waals surface area contributed by atoms with Gasteiger partial charge in [0.2, 0.25) is 5.91 Å². The molecule has 1 aromatic heterocycles. The topological polar surface area (TPSA) is 120 Å². The quantitative estimate of drug-likeness (QED) is 0.325. The molecule has 1 saturated heterocycles. The highest BCUT2D eigenvalue weighted by Crippen LogP contribution is 2.20. The fraction of sp³-hybridized carbons (Fsp3) is 0.233. The third kappa shape index (κ3) is 8.47. The van der Waals surface area contributed by atoms with Crippen LogP contribution in [0.25, 0.3) is 10.9 Å². The van der Waals surface area contributed by atoms with E-state index in [0.29, 0.717) is 42.0 Å². The van der Waals surface area contributed by atoms with Crippen molar-refractivity contribution < 1.29 is 28.6 Å². The minimum Gasteiger partial charge on any atom is -0.506 e. The zero-order valence-corrected chi connectivity index (χ0v) is 22.1. The van der Waals surface area contributed by atoms with Crippen molar-refractivity contribution >= 4 is 28.4 Å². The van der Waals surface area contributed by atoms with E-state index < -0.39 is 11.6 Å². The van der Waals surface area contributed by atoms with Crippen molar-refractivity contribution in [3.05, 3.63) is 102 Å². The number of carbonyl (C=O) groups is 2. The number of para-hydroxylation sites is 1. The first kappa shape index (κ1) is 30.0. The Bertz CT molecular complexity index is 1410. The molecule has 3 aromatic carbocycles. The number of halogens is 2. The number of aromatic nitrogens is 1. The minimum atomic E-state index is -0.681. The van der Waals surface area contributed by atoms with Crippen molar-refractivity contribution in [1.29, 1.82) is 0 Å². The number of nitrogens with two attached hydrogens (primary N) is 1. The monoisotopic (exact) mass is 550 g/mol. The first-order valence-corrected chi connectivity index (χ1v) is 12.7. The number of aliphatic hydroxyl groups is 1. The van der Waals surface area contributed by atoms with E-state index in [1.807, 2.05) is 25.1 Å². The molecule has 0 radical (unpaired) electrons. The molecular weight excluding hydrogens is 518 g/mol. The molecule has 5 rings (SSSR count). The van der Waals surface area contributed by atoms with Gasteiger partial charge in [-0.3, -0.25) is 14.6 Å². The Labute approximate surface area is 231 Å². The second-order valence-corrected chi connectivity index (χ2v) is 9.02. The van der Waals surface area contributed by atoms with E-state index in [-0.39, 0.29) is 30.7 Å². The highest BCUT2D eigenvalue weighted by molar-refractivity contribution is 5.97. The van der Waals surface area contributed by atoms with Crippen LogP contribution in [-0.2, 0) is 11.3 Å². The number of hydrogen-bond acceptors (Lipinski definition) is 6. The van der Waals surface area contributed by atoms with Gasteiger partial charge in [-0.05, 0) is 60.5 Å². The lowest BCUT2D eigenvalue weighted by Gasteiger charge is -2.34. The summed E-state index contributed by atoms with van der Waals surface area (Å²) in [5.74, 6) is -1.63. The molecule has 0 bridgehead atoms. The molecule has 1 aliphatic heterocycles. The molecule has 0 saturated carbocycles. The molecule has 10 heteroatoms. The number of nitrogens with zero attached hydrogens (tertiary/aromatic N) is 3. The number of nitrogen functional groups attached to an aromatic ring is 1. The van der Waals surface area contributed by atoms with Gasteiger partial charge in [0.15, 0.2) is 0 Å². The first-order chi connectivity index (χ1) is 19.2. The average Bonchev–Trinajstić information content (AvgIpc) is 2.94. The summed E-state index contributed by atoms with van der Waals surface area (Å²) in [4.78, 5) is 31.7. The van der Waals surface area contributed by atoms with Gasteiger partial charge in [-0.2, -0.15) is 0 Å². The average molecular weight is 551 g/mol. The molecule has 0 atom stereocenters. The number of carbonyl (C=O) groups excluding carboxylic acids is 2. The number of pyridine rings is 1. The Morgan fingerprint density at radius 3 is 2.25 bits per heavy atom. The van der Waals surface area contributed by atoms with Crippen LogP contribution in [-0.4, -0.2) is 63.1 Å². The maximum atomic E-state index is 13.3. The van der Waals surface area contributed by atoms with E-state index in [1.54, 1.807) is 42.6 Å². The molecule has 1 aliphatic rings. The van der Waals surface area contributed by atoms with Crippen LogP contribution in [0.3, 0.4) is 0 Å². The molecule has 2 heterocycles. The number of fused-ring (bicyclic) bond motifs is 1. The van der Waals surface area contributed by atoms with Crippen molar-refractivity contribution in [2.24, 2.45) is 0 Å². The molecule has 2 amide bonds. The first-order valence-electron chi connectivity index (χ1n) is 12.7. The van der Waals surface area contributed by atoms with Gasteiger partial charge >= 0.3 is 0 Å². The van der Waals surface area contributed by atoms with Crippen LogP contribution < -0.4 is 5.73 Å². The largest absolute Gasteiger partial charge is 0.506 e. The van der Waals surface area contributed by atoms with Gasteiger partial charge in [0.1, 0.15) is 29.4 Å². The summed E-state index contributed by atoms with van der Waals surface area (Å²) in [7, 11) is 0. The Morgan fingerprint density at radius 2 is 1.65 bits per heavy atom. The summed E-state index contributed by atoms with van der Waals surface area (Å²) in [6, 6.07) is 18.8. The smallest absolute Gasteiger partial charge is 0.254 e. The number of rotatable bonds is 4. The van der Waals surface area contributed by atoms with E-state index in [4.69, 9.17) is 10.8 Å². The molecule has 210 valence electrons. The van der Waals surface area contributed by atoms with Crippen LogP contribution in [0.5, 0.6) is 5.75 Å². The van der Waals surface area contributed by atoms with Gasteiger partial charge in [0.25, 0.3) is 5.91 Å². The van der Waals surface area contributed by atoms with Crippen molar-refractivity contribution in [1.82, 2.24) is 14.8 Å². The Hall–Kier alpha value is -4.57. The number of aliphatic hydroxyl groups excluding tert-OH is 1. The number of aromatic hydroxyl groups is 1. The number of anilines is 1. The van der Waals surface area contributed by atoms with Crippen molar-refractivity contribution in [3.8, 4) is 5.75 Å². The normalized spacial score (nSPS) is 12.8. The van der Waals surface area contributed by atoms with Crippen LogP contribution >= 0.6 is 0 Å². The Balaban J connectivity index is 0.000000241. The summed E-state index contributed by atoms with van der Waals surface area (Å²) < 4.78 is 26.5. The molecule has 8 nitrogen and oxygen atoms in total. The molecule has 4 aromatic rings. The number of amides is 2. The third-order valence-corrected chi connectivity index (χ3v) is 5.89. The van der Waals surface area contributed by atoms with Gasteiger partial charge in [-0.1, -0.05) is 25.1 Å². The molecule has 0 aliphatic carbocycles. The summed E-state index contributed by atoms with van der Waals surface area (Å²) in [5, 5.41) is 18.1. The lowest BCUT2D eigenvalue weighted by atomic mass is 10.1. The minimum absolute atomic E-state index is 0.0684. The second kappa shape index (κ2) is 14.5. The second-order valence-electron chi connectivity index (χ2n) is 9.02. The van der Waals surface area contributed by atoms with Crippen molar-refractivity contribution in [2.45, 2.75) is 19.9 Å². The number of phenols is 1. The van der Waals surface area contributed by atoms with Crippen LogP contribution in [0.4, 0.5) is 14.5 Å². The molecule has 4 N–H and O–H groups in total. The molecule has 0 spiro atoms.